The smallest absolute Gasteiger partial charge is 0.412 e. The van der Waals surface area contributed by atoms with E-state index in [2.05, 4.69) is 19.2 Å². The highest BCUT2D eigenvalue weighted by Crippen LogP contribution is 2.59. The molecule has 1 aliphatic carbocycles. The summed E-state index contributed by atoms with van der Waals surface area (Å²) in [6, 6.07) is 5.74. The Bertz CT molecular complexity index is 576. The Labute approximate surface area is 132 Å². The monoisotopic (exact) mass is 306 g/mol. The van der Waals surface area contributed by atoms with Crippen molar-refractivity contribution in [2.45, 2.75) is 52.2 Å². The Morgan fingerprint density at radius 2 is 1.91 bits per heavy atom. The summed E-state index contributed by atoms with van der Waals surface area (Å²) in [5, 5.41) is 2.82. The van der Waals surface area contributed by atoms with E-state index in [0.717, 1.165) is 5.56 Å². The van der Waals surface area contributed by atoms with Crippen molar-refractivity contribution in [2.75, 3.05) is 12.4 Å². The van der Waals surface area contributed by atoms with E-state index in [9.17, 15) is 4.79 Å². The first-order valence-electron chi connectivity index (χ1n) is 7.50. The van der Waals surface area contributed by atoms with E-state index < -0.39 is 11.7 Å². The van der Waals surface area contributed by atoms with Crippen LogP contribution >= 0.6 is 0 Å². The SMILES string of the molecule is COc1ccc(C2C(N)C2(C)C)c(NC(=O)OC(C)(C)C)c1. The Morgan fingerprint density at radius 1 is 1.32 bits per heavy atom. The highest BCUT2D eigenvalue weighted by atomic mass is 16.6. The van der Waals surface area contributed by atoms with Crippen LogP contribution in [-0.4, -0.2) is 24.8 Å². The summed E-state index contributed by atoms with van der Waals surface area (Å²) in [6.07, 6.45) is -0.478. The number of carbonyl (C=O) groups is 1. The molecule has 1 aromatic carbocycles. The van der Waals surface area contributed by atoms with Crippen molar-refractivity contribution < 1.29 is 14.3 Å². The standard InChI is InChI=1S/C17H26N2O3/c1-16(2,3)22-15(20)19-12-9-10(21-6)7-8-11(12)13-14(18)17(13,4)5/h7-9,13-14H,18H2,1-6H3,(H,19,20). The van der Waals surface area contributed by atoms with Crippen LogP contribution in [0.1, 0.15) is 46.1 Å². The summed E-state index contributed by atoms with van der Waals surface area (Å²) in [6.45, 7) is 9.75. The van der Waals surface area contributed by atoms with Crippen LogP contribution in [0.2, 0.25) is 0 Å². The van der Waals surface area contributed by atoms with Gasteiger partial charge in [0.25, 0.3) is 0 Å². The van der Waals surface area contributed by atoms with Crippen molar-refractivity contribution in [1.82, 2.24) is 0 Å². The average molecular weight is 306 g/mol. The molecule has 2 atom stereocenters. The Balaban J connectivity index is 2.27. The topological polar surface area (TPSA) is 73.6 Å². The summed E-state index contributed by atoms with van der Waals surface area (Å²) in [5.74, 6) is 0.894. The lowest BCUT2D eigenvalue weighted by Gasteiger charge is -2.21. The van der Waals surface area contributed by atoms with Gasteiger partial charge in [-0.2, -0.15) is 0 Å². The molecule has 0 bridgehead atoms. The third kappa shape index (κ3) is 3.35. The first-order valence-corrected chi connectivity index (χ1v) is 7.50. The summed E-state index contributed by atoms with van der Waals surface area (Å²) in [5.41, 5.74) is 7.37. The maximum atomic E-state index is 12.1. The second kappa shape index (κ2) is 5.47. The number of nitrogens with one attached hydrogen (secondary N) is 1. The predicted octanol–water partition coefficient (Wildman–Crippen LogP) is 3.49. The summed E-state index contributed by atoms with van der Waals surface area (Å²) < 4.78 is 10.6. The zero-order chi connectivity index (χ0) is 16.7. The molecule has 1 amide bonds. The molecule has 5 nitrogen and oxygen atoms in total. The van der Waals surface area contributed by atoms with Crippen LogP contribution in [-0.2, 0) is 4.74 Å². The van der Waals surface area contributed by atoms with Crippen LogP contribution < -0.4 is 15.8 Å². The molecule has 0 radical (unpaired) electrons. The molecule has 0 spiro atoms. The maximum Gasteiger partial charge on any atom is 0.412 e. The van der Waals surface area contributed by atoms with Gasteiger partial charge in [-0.25, -0.2) is 4.79 Å². The molecule has 1 aromatic rings. The molecule has 1 saturated carbocycles. The van der Waals surface area contributed by atoms with Gasteiger partial charge in [-0.05, 0) is 37.8 Å². The molecule has 1 fully saturated rings. The van der Waals surface area contributed by atoms with E-state index in [0.29, 0.717) is 11.4 Å². The van der Waals surface area contributed by atoms with Crippen LogP contribution in [0.5, 0.6) is 5.75 Å². The Kier molecular flexibility index (Phi) is 4.13. The van der Waals surface area contributed by atoms with Crippen LogP contribution in [0.25, 0.3) is 0 Å². The average Bonchev–Trinajstić information content (AvgIpc) is 2.86. The lowest BCUT2D eigenvalue weighted by molar-refractivity contribution is 0.0635. The number of methoxy groups -OCH3 is 1. The van der Waals surface area contributed by atoms with E-state index in [1.807, 2.05) is 32.9 Å². The zero-order valence-corrected chi connectivity index (χ0v) is 14.2. The van der Waals surface area contributed by atoms with Crippen LogP contribution in [0.15, 0.2) is 18.2 Å². The molecular weight excluding hydrogens is 280 g/mol. The quantitative estimate of drug-likeness (QED) is 0.896. The third-order valence-electron chi connectivity index (χ3n) is 4.14. The fourth-order valence-electron chi connectivity index (χ4n) is 2.73. The Morgan fingerprint density at radius 3 is 2.36 bits per heavy atom. The zero-order valence-electron chi connectivity index (χ0n) is 14.2. The number of hydrogen-bond donors (Lipinski definition) is 2. The van der Waals surface area contributed by atoms with E-state index in [4.69, 9.17) is 15.2 Å². The molecule has 1 aliphatic rings. The number of anilines is 1. The van der Waals surface area contributed by atoms with Gasteiger partial charge in [0, 0.05) is 18.0 Å². The minimum Gasteiger partial charge on any atom is -0.497 e. The molecule has 2 rings (SSSR count). The molecule has 22 heavy (non-hydrogen) atoms. The molecule has 2 unspecified atom stereocenters. The van der Waals surface area contributed by atoms with Gasteiger partial charge in [0.2, 0.25) is 0 Å². The lowest BCUT2D eigenvalue weighted by Crippen LogP contribution is -2.27. The van der Waals surface area contributed by atoms with Gasteiger partial charge in [-0.3, -0.25) is 5.32 Å². The second-order valence-electron chi connectivity index (χ2n) is 7.40. The van der Waals surface area contributed by atoms with Crippen molar-refractivity contribution in [1.29, 1.82) is 0 Å². The highest BCUT2D eigenvalue weighted by Gasteiger charge is 2.56. The lowest BCUT2D eigenvalue weighted by atomic mass is 10.0. The molecule has 3 N–H and O–H groups in total. The first-order chi connectivity index (χ1) is 10.1. The van der Waals surface area contributed by atoms with E-state index in [-0.39, 0.29) is 17.4 Å². The number of amides is 1. The van der Waals surface area contributed by atoms with Gasteiger partial charge in [0.15, 0.2) is 0 Å². The first kappa shape index (κ1) is 16.6. The van der Waals surface area contributed by atoms with Gasteiger partial charge in [-0.15, -0.1) is 0 Å². The molecule has 0 aromatic heterocycles. The Hall–Kier alpha value is -1.75. The summed E-state index contributed by atoms with van der Waals surface area (Å²) >= 11 is 0. The number of nitrogens with two attached hydrogens (primary N) is 1. The van der Waals surface area contributed by atoms with E-state index >= 15 is 0 Å². The van der Waals surface area contributed by atoms with Crippen molar-refractivity contribution in [3.05, 3.63) is 23.8 Å². The van der Waals surface area contributed by atoms with Gasteiger partial charge in [-0.1, -0.05) is 19.9 Å². The fraction of sp³-hybridized carbons (Fsp3) is 0.588. The van der Waals surface area contributed by atoms with Crippen molar-refractivity contribution in [3.8, 4) is 5.75 Å². The van der Waals surface area contributed by atoms with E-state index in [1.54, 1.807) is 13.2 Å². The van der Waals surface area contributed by atoms with Gasteiger partial charge in [0.1, 0.15) is 11.4 Å². The van der Waals surface area contributed by atoms with Crippen molar-refractivity contribution in [2.24, 2.45) is 11.1 Å². The van der Waals surface area contributed by atoms with Crippen LogP contribution in [0, 0.1) is 5.41 Å². The third-order valence-corrected chi connectivity index (χ3v) is 4.14. The number of benzene rings is 1. The number of ether oxygens (including phenoxy) is 2. The van der Waals surface area contributed by atoms with Gasteiger partial charge >= 0.3 is 6.09 Å². The molecular formula is C17H26N2O3. The molecule has 5 heteroatoms. The summed E-state index contributed by atoms with van der Waals surface area (Å²) in [4.78, 5) is 12.1. The van der Waals surface area contributed by atoms with Crippen LogP contribution in [0.4, 0.5) is 10.5 Å². The van der Waals surface area contributed by atoms with Gasteiger partial charge < -0.3 is 15.2 Å². The van der Waals surface area contributed by atoms with Crippen LogP contribution in [0.3, 0.4) is 0 Å². The van der Waals surface area contributed by atoms with E-state index in [1.165, 1.54) is 0 Å². The predicted molar refractivity (Wildman–Crippen MR) is 87.3 cm³/mol. The number of hydrogen-bond acceptors (Lipinski definition) is 4. The van der Waals surface area contributed by atoms with Crippen molar-refractivity contribution in [3.63, 3.8) is 0 Å². The number of rotatable bonds is 3. The normalized spacial score (nSPS) is 22.9. The summed E-state index contributed by atoms with van der Waals surface area (Å²) in [7, 11) is 1.60. The molecule has 0 aliphatic heterocycles. The van der Waals surface area contributed by atoms with Gasteiger partial charge in [0.05, 0.1) is 12.8 Å². The second-order valence-corrected chi connectivity index (χ2v) is 7.40. The minimum absolute atomic E-state index is 0.0267. The highest BCUT2D eigenvalue weighted by molar-refractivity contribution is 5.86. The fourth-order valence-corrected chi connectivity index (χ4v) is 2.73. The molecule has 0 heterocycles. The largest absolute Gasteiger partial charge is 0.497 e. The maximum absolute atomic E-state index is 12.1. The molecule has 122 valence electrons. The minimum atomic E-state index is -0.543. The van der Waals surface area contributed by atoms with Crippen molar-refractivity contribution >= 4 is 11.8 Å². The molecule has 0 saturated heterocycles. The number of carbonyl (C=O) groups excluding carboxylic acids is 1.